The number of carbonyl (C=O) groups is 1. The normalized spacial score (nSPS) is 18.8. The van der Waals surface area contributed by atoms with Crippen molar-refractivity contribution in [3.05, 3.63) is 24.3 Å². The SMILES string of the molecule is CN(C)S(=O)(=O)c1ccc(OCCNC(=O)C2CCCN(S(C)(=O)=O)C2)cc1. The van der Waals surface area contributed by atoms with Crippen LogP contribution in [0.4, 0.5) is 0 Å². The van der Waals surface area contributed by atoms with E-state index in [2.05, 4.69) is 5.32 Å². The van der Waals surface area contributed by atoms with E-state index in [1.54, 1.807) is 12.1 Å². The molecule has 158 valence electrons. The molecule has 1 aliphatic heterocycles. The summed E-state index contributed by atoms with van der Waals surface area (Å²) in [6.07, 6.45) is 2.46. The van der Waals surface area contributed by atoms with E-state index < -0.39 is 20.0 Å². The summed E-state index contributed by atoms with van der Waals surface area (Å²) in [5.74, 6) is -0.0590. The molecular weight excluding hydrogens is 406 g/mol. The summed E-state index contributed by atoms with van der Waals surface area (Å²) in [6, 6.07) is 6.04. The molecule has 0 spiro atoms. The zero-order valence-electron chi connectivity index (χ0n) is 16.3. The molecule has 1 aromatic rings. The quantitative estimate of drug-likeness (QED) is 0.582. The third-order valence-electron chi connectivity index (χ3n) is 4.50. The Hall–Kier alpha value is -1.69. The third-order valence-corrected chi connectivity index (χ3v) is 7.60. The minimum absolute atomic E-state index is 0.172. The van der Waals surface area contributed by atoms with Crippen molar-refractivity contribution in [2.24, 2.45) is 5.92 Å². The molecule has 1 saturated heterocycles. The molecule has 1 amide bonds. The van der Waals surface area contributed by atoms with Gasteiger partial charge in [-0.15, -0.1) is 0 Å². The highest BCUT2D eigenvalue weighted by molar-refractivity contribution is 7.89. The Morgan fingerprint density at radius 1 is 1.21 bits per heavy atom. The summed E-state index contributed by atoms with van der Waals surface area (Å²) in [5, 5.41) is 2.76. The number of sulfonamides is 2. The summed E-state index contributed by atoms with van der Waals surface area (Å²) in [5.41, 5.74) is 0. The fourth-order valence-electron chi connectivity index (χ4n) is 2.86. The Kier molecular flexibility index (Phi) is 7.43. The minimum Gasteiger partial charge on any atom is -0.492 e. The summed E-state index contributed by atoms with van der Waals surface area (Å²) in [6.45, 7) is 1.14. The van der Waals surface area contributed by atoms with Gasteiger partial charge in [0.05, 0.1) is 23.6 Å². The Balaban J connectivity index is 1.79. The van der Waals surface area contributed by atoms with Crippen molar-refractivity contribution in [1.82, 2.24) is 13.9 Å². The van der Waals surface area contributed by atoms with Gasteiger partial charge in [0.15, 0.2) is 0 Å². The highest BCUT2D eigenvalue weighted by Gasteiger charge is 2.29. The molecule has 0 aromatic heterocycles. The van der Waals surface area contributed by atoms with Crippen LogP contribution in [-0.2, 0) is 24.8 Å². The number of hydrogen-bond acceptors (Lipinski definition) is 6. The summed E-state index contributed by atoms with van der Waals surface area (Å²) in [4.78, 5) is 12.4. The molecule has 0 radical (unpaired) electrons. The lowest BCUT2D eigenvalue weighted by atomic mass is 9.99. The topological polar surface area (TPSA) is 113 Å². The van der Waals surface area contributed by atoms with Crippen LogP contribution in [0.2, 0.25) is 0 Å². The monoisotopic (exact) mass is 433 g/mol. The zero-order chi connectivity index (χ0) is 20.9. The molecule has 0 saturated carbocycles. The smallest absolute Gasteiger partial charge is 0.242 e. The highest BCUT2D eigenvalue weighted by atomic mass is 32.2. The molecule has 0 bridgehead atoms. The number of amides is 1. The molecule has 1 fully saturated rings. The number of rotatable bonds is 8. The number of nitrogens with one attached hydrogen (secondary N) is 1. The molecular formula is C17H27N3O6S2. The predicted molar refractivity (Wildman–Crippen MR) is 105 cm³/mol. The van der Waals surface area contributed by atoms with Gasteiger partial charge in [-0.1, -0.05) is 0 Å². The molecule has 9 nitrogen and oxygen atoms in total. The number of ether oxygens (including phenoxy) is 1. The van der Waals surface area contributed by atoms with Crippen molar-refractivity contribution in [3.63, 3.8) is 0 Å². The van der Waals surface area contributed by atoms with E-state index in [9.17, 15) is 21.6 Å². The van der Waals surface area contributed by atoms with Crippen molar-refractivity contribution in [2.45, 2.75) is 17.7 Å². The van der Waals surface area contributed by atoms with E-state index in [0.717, 1.165) is 10.6 Å². The predicted octanol–water partition coefficient (Wildman–Crippen LogP) is 0.104. The molecule has 2 rings (SSSR count). The first-order chi connectivity index (χ1) is 13.0. The van der Waals surface area contributed by atoms with E-state index in [4.69, 9.17) is 4.74 Å². The fraction of sp³-hybridized carbons (Fsp3) is 0.588. The van der Waals surface area contributed by atoms with Gasteiger partial charge in [0.2, 0.25) is 26.0 Å². The number of carbonyl (C=O) groups excluding carboxylic acids is 1. The molecule has 1 unspecified atom stereocenters. The fourth-order valence-corrected chi connectivity index (χ4v) is 4.68. The Morgan fingerprint density at radius 3 is 2.43 bits per heavy atom. The van der Waals surface area contributed by atoms with Crippen LogP contribution >= 0.6 is 0 Å². The van der Waals surface area contributed by atoms with Gasteiger partial charge < -0.3 is 10.1 Å². The van der Waals surface area contributed by atoms with Gasteiger partial charge in [0.1, 0.15) is 12.4 Å². The van der Waals surface area contributed by atoms with Gasteiger partial charge in [-0.3, -0.25) is 4.79 Å². The van der Waals surface area contributed by atoms with Gasteiger partial charge in [-0.2, -0.15) is 0 Å². The molecule has 1 aliphatic rings. The first-order valence-corrected chi connectivity index (χ1v) is 12.2. The van der Waals surface area contributed by atoms with Crippen molar-refractivity contribution < 1.29 is 26.4 Å². The van der Waals surface area contributed by atoms with Crippen LogP contribution < -0.4 is 10.1 Å². The average molecular weight is 434 g/mol. The second-order valence-electron chi connectivity index (χ2n) is 6.86. The van der Waals surface area contributed by atoms with Crippen LogP contribution in [0.3, 0.4) is 0 Å². The number of nitrogens with zero attached hydrogens (tertiary/aromatic N) is 2. The first kappa shape index (κ1) is 22.6. The molecule has 1 N–H and O–H groups in total. The lowest BCUT2D eigenvalue weighted by molar-refractivity contribution is -0.126. The van der Waals surface area contributed by atoms with E-state index in [0.29, 0.717) is 25.1 Å². The standard InChI is InChI=1S/C17H27N3O6S2/c1-19(2)28(24,25)16-8-6-15(7-9-16)26-12-10-18-17(21)14-5-4-11-20(13-14)27(3,22)23/h6-9,14H,4-5,10-13H2,1-3H3,(H,18,21). The molecule has 1 heterocycles. The molecule has 1 atom stereocenters. The van der Waals surface area contributed by atoms with Gasteiger partial charge in [0, 0.05) is 27.2 Å². The summed E-state index contributed by atoms with van der Waals surface area (Å²) < 4.78 is 55.3. The molecule has 11 heteroatoms. The van der Waals surface area contributed by atoms with E-state index in [1.807, 2.05) is 0 Å². The van der Waals surface area contributed by atoms with E-state index >= 15 is 0 Å². The van der Waals surface area contributed by atoms with Crippen molar-refractivity contribution in [3.8, 4) is 5.75 Å². The van der Waals surface area contributed by atoms with Gasteiger partial charge in [-0.05, 0) is 37.1 Å². The number of benzene rings is 1. The average Bonchev–Trinajstić information content (AvgIpc) is 2.64. The van der Waals surface area contributed by atoms with Crippen LogP contribution in [0.1, 0.15) is 12.8 Å². The van der Waals surface area contributed by atoms with Gasteiger partial charge >= 0.3 is 0 Å². The van der Waals surface area contributed by atoms with Crippen molar-refractivity contribution in [1.29, 1.82) is 0 Å². The lowest BCUT2D eigenvalue weighted by Crippen LogP contribution is -2.45. The molecule has 28 heavy (non-hydrogen) atoms. The Bertz CT molecular complexity index is 882. The first-order valence-electron chi connectivity index (χ1n) is 8.90. The molecule has 1 aromatic carbocycles. The number of piperidine rings is 1. The maximum absolute atomic E-state index is 12.2. The second-order valence-corrected chi connectivity index (χ2v) is 11.0. The van der Waals surface area contributed by atoms with Crippen molar-refractivity contribution >= 4 is 26.0 Å². The summed E-state index contributed by atoms with van der Waals surface area (Å²) in [7, 11) is -3.85. The maximum Gasteiger partial charge on any atom is 0.242 e. The maximum atomic E-state index is 12.2. The van der Waals surface area contributed by atoms with Crippen LogP contribution in [0, 0.1) is 5.92 Å². The van der Waals surface area contributed by atoms with Crippen molar-refractivity contribution in [2.75, 3.05) is 46.6 Å². The lowest BCUT2D eigenvalue weighted by Gasteiger charge is -2.30. The largest absolute Gasteiger partial charge is 0.492 e. The van der Waals surface area contributed by atoms with E-state index in [-0.39, 0.29) is 36.4 Å². The van der Waals surface area contributed by atoms with Crippen LogP contribution in [-0.4, -0.2) is 77.9 Å². The third kappa shape index (κ3) is 5.90. The second kappa shape index (κ2) is 9.21. The summed E-state index contributed by atoms with van der Waals surface area (Å²) >= 11 is 0. The Morgan fingerprint density at radius 2 is 1.86 bits per heavy atom. The van der Waals surface area contributed by atoms with Gasteiger partial charge in [-0.25, -0.2) is 25.4 Å². The van der Waals surface area contributed by atoms with Crippen LogP contribution in [0.25, 0.3) is 0 Å². The zero-order valence-corrected chi connectivity index (χ0v) is 17.9. The molecule has 0 aliphatic carbocycles. The number of hydrogen-bond donors (Lipinski definition) is 1. The van der Waals surface area contributed by atoms with Crippen LogP contribution in [0.5, 0.6) is 5.75 Å². The van der Waals surface area contributed by atoms with Gasteiger partial charge in [0.25, 0.3) is 0 Å². The highest BCUT2D eigenvalue weighted by Crippen LogP contribution is 2.19. The minimum atomic E-state index is -3.48. The van der Waals surface area contributed by atoms with E-state index in [1.165, 1.54) is 30.5 Å². The van der Waals surface area contributed by atoms with Crippen LogP contribution in [0.15, 0.2) is 29.2 Å². The Labute approximate surface area is 166 Å².